The fraction of sp³-hybridized carbons (Fsp3) is 0.714. The number of carboxylic acids is 1. The van der Waals surface area contributed by atoms with Gasteiger partial charge in [0.05, 0.1) is 0 Å². The lowest BCUT2D eigenvalue weighted by Crippen LogP contribution is -2.50. The van der Waals surface area contributed by atoms with Crippen LogP contribution in [0.15, 0.2) is 12.7 Å². The summed E-state index contributed by atoms with van der Waals surface area (Å²) in [6.45, 7) is 7.84. The molecule has 1 aliphatic carbocycles. The van der Waals surface area contributed by atoms with Crippen LogP contribution in [0.25, 0.3) is 0 Å². The maximum atomic E-state index is 12.1. The van der Waals surface area contributed by atoms with E-state index in [-0.39, 0.29) is 25.2 Å². The second kappa shape index (κ2) is 7.16. The predicted molar refractivity (Wildman–Crippen MR) is 73.9 cm³/mol. The third-order valence-electron chi connectivity index (χ3n) is 3.98. The lowest BCUT2D eigenvalue weighted by molar-refractivity contribution is -0.137. The van der Waals surface area contributed by atoms with Gasteiger partial charge in [0, 0.05) is 12.6 Å². The zero-order valence-electron chi connectivity index (χ0n) is 11.8. The number of urea groups is 1. The van der Waals surface area contributed by atoms with Gasteiger partial charge in [0.25, 0.3) is 0 Å². The number of hydrogen-bond donors (Lipinski definition) is 2. The summed E-state index contributed by atoms with van der Waals surface area (Å²) in [5.41, 5.74) is 0. The average molecular weight is 268 g/mol. The molecular weight excluding hydrogens is 244 g/mol. The van der Waals surface area contributed by atoms with Gasteiger partial charge in [-0.05, 0) is 18.3 Å². The summed E-state index contributed by atoms with van der Waals surface area (Å²) < 4.78 is 0. The van der Waals surface area contributed by atoms with E-state index in [1.807, 2.05) is 0 Å². The minimum atomic E-state index is -1.01. The van der Waals surface area contributed by atoms with Crippen LogP contribution in [0.5, 0.6) is 0 Å². The van der Waals surface area contributed by atoms with Gasteiger partial charge in [0.1, 0.15) is 6.54 Å². The highest BCUT2D eigenvalue weighted by atomic mass is 16.4. The lowest BCUT2D eigenvalue weighted by Gasteiger charge is -2.35. The molecule has 5 heteroatoms. The van der Waals surface area contributed by atoms with Crippen molar-refractivity contribution in [1.82, 2.24) is 10.2 Å². The van der Waals surface area contributed by atoms with Crippen molar-refractivity contribution in [2.24, 2.45) is 11.8 Å². The Morgan fingerprint density at radius 3 is 2.68 bits per heavy atom. The van der Waals surface area contributed by atoms with Crippen LogP contribution >= 0.6 is 0 Å². The van der Waals surface area contributed by atoms with Gasteiger partial charge >= 0.3 is 12.0 Å². The van der Waals surface area contributed by atoms with Crippen LogP contribution in [-0.2, 0) is 4.79 Å². The first-order chi connectivity index (χ1) is 8.95. The van der Waals surface area contributed by atoms with Gasteiger partial charge in [-0.2, -0.15) is 0 Å². The first kappa shape index (κ1) is 15.5. The Morgan fingerprint density at radius 1 is 1.42 bits per heavy atom. The Morgan fingerprint density at radius 2 is 2.11 bits per heavy atom. The molecular formula is C14H24N2O3. The second-order valence-electron chi connectivity index (χ2n) is 5.39. The average Bonchev–Trinajstić information content (AvgIpc) is 2.34. The maximum Gasteiger partial charge on any atom is 0.323 e. The number of amides is 2. The van der Waals surface area contributed by atoms with E-state index in [0.29, 0.717) is 11.8 Å². The molecule has 3 unspecified atom stereocenters. The molecule has 0 spiro atoms. The van der Waals surface area contributed by atoms with Crippen molar-refractivity contribution in [3.63, 3.8) is 0 Å². The fourth-order valence-corrected chi connectivity index (χ4v) is 2.57. The molecule has 2 amide bonds. The maximum absolute atomic E-state index is 12.1. The van der Waals surface area contributed by atoms with E-state index in [0.717, 1.165) is 12.8 Å². The molecule has 0 aromatic carbocycles. The molecule has 5 nitrogen and oxygen atoms in total. The highest BCUT2D eigenvalue weighted by Gasteiger charge is 2.29. The fourth-order valence-electron chi connectivity index (χ4n) is 2.57. The molecule has 1 aliphatic rings. The highest BCUT2D eigenvalue weighted by Crippen LogP contribution is 2.29. The van der Waals surface area contributed by atoms with E-state index < -0.39 is 5.97 Å². The van der Waals surface area contributed by atoms with Crippen molar-refractivity contribution in [1.29, 1.82) is 0 Å². The summed E-state index contributed by atoms with van der Waals surface area (Å²) >= 11 is 0. The van der Waals surface area contributed by atoms with Crippen molar-refractivity contribution >= 4 is 12.0 Å². The summed E-state index contributed by atoms with van der Waals surface area (Å²) in [6.07, 6.45) is 4.80. The third-order valence-corrected chi connectivity index (χ3v) is 3.98. The molecule has 2 N–H and O–H groups in total. The molecule has 19 heavy (non-hydrogen) atoms. The number of hydrogen-bond acceptors (Lipinski definition) is 2. The van der Waals surface area contributed by atoms with E-state index in [4.69, 9.17) is 5.11 Å². The summed E-state index contributed by atoms with van der Waals surface area (Å²) in [5.74, 6) is 0.00143. The zero-order chi connectivity index (χ0) is 14.4. The van der Waals surface area contributed by atoms with Gasteiger partial charge in [-0.3, -0.25) is 4.79 Å². The molecule has 1 saturated carbocycles. The summed E-state index contributed by atoms with van der Waals surface area (Å²) in [4.78, 5) is 24.1. The van der Waals surface area contributed by atoms with Crippen LogP contribution in [0.2, 0.25) is 0 Å². The van der Waals surface area contributed by atoms with Crippen molar-refractivity contribution in [2.75, 3.05) is 13.1 Å². The summed E-state index contributed by atoms with van der Waals surface area (Å²) in [7, 11) is 0. The zero-order valence-corrected chi connectivity index (χ0v) is 11.8. The number of carbonyl (C=O) groups is 2. The smallest absolute Gasteiger partial charge is 0.323 e. The van der Waals surface area contributed by atoms with Crippen LogP contribution in [0.1, 0.15) is 33.1 Å². The summed E-state index contributed by atoms with van der Waals surface area (Å²) in [6, 6.07) is -0.175. The number of carbonyl (C=O) groups excluding carboxylic acids is 1. The Hall–Kier alpha value is -1.52. The molecule has 0 bridgehead atoms. The van der Waals surface area contributed by atoms with Crippen molar-refractivity contribution in [3.05, 3.63) is 12.7 Å². The van der Waals surface area contributed by atoms with Crippen LogP contribution in [-0.4, -0.2) is 41.1 Å². The molecule has 1 rings (SSSR count). The van der Waals surface area contributed by atoms with Crippen LogP contribution < -0.4 is 5.32 Å². The molecule has 108 valence electrons. The molecule has 0 aromatic rings. The first-order valence-corrected chi connectivity index (χ1v) is 6.83. The molecule has 0 radical (unpaired) electrons. The van der Waals surface area contributed by atoms with Gasteiger partial charge in [0.15, 0.2) is 0 Å². The van der Waals surface area contributed by atoms with E-state index in [2.05, 4.69) is 25.7 Å². The van der Waals surface area contributed by atoms with Crippen LogP contribution in [0.3, 0.4) is 0 Å². The van der Waals surface area contributed by atoms with Crippen LogP contribution in [0.4, 0.5) is 4.79 Å². The van der Waals surface area contributed by atoms with Gasteiger partial charge in [-0.25, -0.2) is 4.79 Å². The van der Waals surface area contributed by atoms with Crippen molar-refractivity contribution < 1.29 is 14.7 Å². The molecule has 0 heterocycles. The lowest BCUT2D eigenvalue weighted by atomic mass is 9.78. The monoisotopic (exact) mass is 268 g/mol. The number of aliphatic carboxylic acids is 1. The number of nitrogens with zero attached hydrogens (tertiary/aromatic N) is 1. The summed E-state index contributed by atoms with van der Waals surface area (Å²) in [5, 5.41) is 11.8. The quantitative estimate of drug-likeness (QED) is 0.750. The Labute approximate surface area is 114 Å². The third kappa shape index (κ3) is 4.58. The molecule has 0 aliphatic heterocycles. The number of carboxylic acid groups (broad SMARTS) is 1. The van der Waals surface area contributed by atoms with E-state index in [9.17, 15) is 9.59 Å². The standard InChI is InChI=1S/C14H24N2O3/c1-4-8-16(9-13(17)18)14(19)15-12-7-5-6-10(2)11(12)3/h4,10-12H,1,5-9H2,2-3H3,(H,15,19)(H,17,18). The number of nitrogens with one attached hydrogen (secondary N) is 1. The SMILES string of the molecule is C=CCN(CC(=O)O)C(=O)NC1CCCC(C)C1C. The Bertz CT molecular complexity index is 344. The molecule has 1 fully saturated rings. The minimum Gasteiger partial charge on any atom is -0.480 e. The van der Waals surface area contributed by atoms with Gasteiger partial charge in [-0.15, -0.1) is 6.58 Å². The largest absolute Gasteiger partial charge is 0.480 e. The van der Waals surface area contributed by atoms with Crippen molar-refractivity contribution in [2.45, 2.75) is 39.2 Å². The first-order valence-electron chi connectivity index (χ1n) is 6.83. The van der Waals surface area contributed by atoms with Crippen molar-refractivity contribution in [3.8, 4) is 0 Å². The van der Waals surface area contributed by atoms with Gasteiger partial charge in [0.2, 0.25) is 0 Å². The van der Waals surface area contributed by atoms with Crippen LogP contribution in [0, 0.1) is 11.8 Å². The molecule has 3 atom stereocenters. The topological polar surface area (TPSA) is 69.6 Å². The highest BCUT2D eigenvalue weighted by molar-refractivity contribution is 5.80. The molecule has 0 aromatic heterocycles. The van der Waals surface area contributed by atoms with E-state index >= 15 is 0 Å². The molecule has 0 saturated heterocycles. The Balaban J connectivity index is 2.59. The van der Waals surface area contributed by atoms with E-state index in [1.165, 1.54) is 17.4 Å². The minimum absolute atomic E-state index is 0.136. The Kier molecular flexibility index (Phi) is 5.86. The van der Waals surface area contributed by atoms with Gasteiger partial charge in [-0.1, -0.05) is 32.8 Å². The second-order valence-corrected chi connectivity index (χ2v) is 5.39. The van der Waals surface area contributed by atoms with E-state index in [1.54, 1.807) is 0 Å². The predicted octanol–water partition coefficient (Wildman–Crippen LogP) is 2.09. The van der Waals surface area contributed by atoms with Gasteiger partial charge < -0.3 is 15.3 Å². The normalized spacial score (nSPS) is 26.5. The number of rotatable bonds is 5.